The summed E-state index contributed by atoms with van der Waals surface area (Å²) < 4.78 is 33.1. The third-order valence-corrected chi connectivity index (χ3v) is 7.74. The molecule has 4 aromatic rings. The Labute approximate surface area is 211 Å². The molecule has 0 aliphatic heterocycles. The number of fused-ring (bicyclic) bond motifs is 1. The average Bonchev–Trinajstić information content (AvgIpc) is 3.26. The number of halogens is 1. The van der Waals surface area contributed by atoms with E-state index in [0.717, 1.165) is 5.56 Å². The number of rotatable bonds is 7. The number of hydrogen-bond acceptors (Lipinski definition) is 5. The van der Waals surface area contributed by atoms with Crippen LogP contribution in [0.25, 0.3) is 10.9 Å². The van der Waals surface area contributed by atoms with Gasteiger partial charge in [-0.25, -0.2) is 12.4 Å². The summed E-state index contributed by atoms with van der Waals surface area (Å²) in [6, 6.07) is 18.5. The van der Waals surface area contributed by atoms with Gasteiger partial charge in [-0.1, -0.05) is 35.9 Å². The summed E-state index contributed by atoms with van der Waals surface area (Å²) in [5.41, 5.74) is 2.86. The smallest absolute Gasteiger partial charge is 0.310 e. The summed E-state index contributed by atoms with van der Waals surface area (Å²) in [7, 11) is -3.82. The van der Waals surface area contributed by atoms with Crippen molar-refractivity contribution in [1.82, 2.24) is 3.97 Å². The summed E-state index contributed by atoms with van der Waals surface area (Å²) >= 11 is 3.45. The summed E-state index contributed by atoms with van der Waals surface area (Å²) in [5.74, 6) is -0.771. The Morgan fingerprint density at radius 2 is 1.74 bits per heavy atom. The normalized spacial score (nSPS) is 11.4. The van der Waals surface area contributed by atoms with Crippen LogP contribution in [0, 0.1) is 6.92 Å². The second-order valence-electron chi connectivity index (χ2n) is 7.92. The number of anilines is 1. The van der Waals surface area contributed by atoms with E-state index in [1.807, 2.05) is 6.92 Å². The van der Waals surface area contributed by atoms with Gasteiger partial charge >= 0.3 is 5.97 Å². The lowest BCUT2D eigenvalue weighted by Gasteiger charge is -2.12. The second kappa shape index (κ2) is 10.1. The van der Waals surface area contributed by atoms with E-state index in [2.05, 4.69) is 21.2 Å². The zero-order valence-corrected chi connectivity index (χ0v) is 21.5. The fourth-order valence-electron chi connectivity index (χ4n) is 3.72. The first kappa shape index (κ1) is 24.7. The number of amides is 1. The van der Waals surface area contributed by atoms with Crippen LogP contribution in [0.3, 0.4) is 0 Å². The number of aryl methyl sites for hydroxylation is 1. The van der Waals surface area contributed by atoms with Gasteiger partial charge in [0, 0.05) is 27.3 Å². The maximum absolute atomic E-state index is 13.2. The van der Waals surface area contributed by atoms with E-state index in [1.54, 1.807) is 73.7 Å². The minimum absolute atomic E-state index is 0.0345. The predicted molar refractivity (Wildman–Crippen MR) is 138 cm³/mol. The van der Waals surface area contributed by atoms with Crippen LogP contribution >= 0.6 is 15.9 Å². The first-order chi connectivity index (χ1) is 16.7. The number of nitrogens with zero attached hydrogens (tertiary/aromatic N) is 1. The summed E-state index contributed by atoms with van der Waals surface area (Å²) in [6.45, 7) is 3.90. The van der Waals surface area contributed by atoms with Gasteiger partial charge in [0.1, 0.15) is 0 Å². The Balaban J connectivity index is 1.65. The van der Waals surface area contributed by atoms with Crippen LogP contribution in [0.1, 0.15) is 28.4 Å². The highest BCUT2D eigenvalue weighted by Gasteiger charge is 2.22. The Bertz CT molecular complexity index is 1530. The van der Waals surface area contributed by atoms with Gasteiger partial charge in [-0.05, 0) is 71.7 Å². The van der Waals surface area contributed by atoms with Gasteiger partial charge in [-0.3, -0.25) is 9.59 Å². The highest BCUT2D eigenvalue weighted by molar-refractivity contribution is 9.10. The summed E-state index contributed by atoms with van der Waals surface area (Å²) in [5, 5.41) is 3.43. The first-order valence-electron chi connectivity index (χ1n) is 10.9. The van der Waals surface area contributed by atoms with Gasteiger partial charge < -0.3 is 10.1 Å². The largest absolute Gasteiger partial charge is 0.466 e. The molecule has 1 aromatic heterocycles. The third kappa shape index (κ3) is 5.16. The lowest BCUT2D eigenvalue weighted by Crippen LogP contribution is -2.16. The standard InChI is InChI=1S/C26H23BrN2O5S/c1-3-34-24(30)16-18-6-4-5-7-23(18)28-26(31)20-14-19-12-13-29(25(19)22(27)15-20)35(32,33)21-10-8-17(2)9-11-21/h4-15H,3,16H2,1-2H3,(H,28,31). The second-order valence-corrected chi connectivity index (χ2v) is 10.6. The molecule has 0 radical (unpaired) electrons. The van der Waals surface area contributed by atoms with Crippen LogP contribution in [0.2, 0.25) is 0 Å². The van der Waals surface area contributed by atoms with E-state index in [4.69, 9.17) is 4.74 Å². The van der Waals surface area contributed by atoms with Crippen molar-refractivity contribution in [3.63, 3.8) is 0 Å². The number of benzene rings is 3. The molecule has 180 valence electrons. The lowest BCUT2D eigenvalue weighted by molar-refractivity contribution is -0.142. The number of ether oxygens (including phenoxy) is 1. The van der Waals surface area contributed by atoms with E-state index in [1.165, 1.54) is 10.2 Å². The molecular formula is C26H23BrN2O5S. The minimum Gasteiger partial charge on any atom is -0.466 e. The van der Waals surface area contributed by atoms with Gasteiger partial charge in [0.25, 0.3) is 15.9 Å². The fourth-order valence-corrected chi connectivity index (χ4v) is 5.87. The van der Waals surface area contributed by atoms with Gasteiger partial charge in [-0.2, -0.15) is 0 Å². The van der Waals surface area contributed by atoms with Crippen LogP contribution in [-0.2, 0) is 26.0 Å². The van der Waals surface area contributed by atoms with E-state index in [-0.39, 0.29) is 23.9 Å². The number of esters is 1. The number of aromatic nitrogens is 1. The Kier molecular flexibility index (Phi) is 7.09. The number of carbonyl (C=O) groups is 2. The van der Waals surface area contributed by atoms with Crippen molar-refractivity contribution < 1.29 is 22.7 Å². The van der Waals surface area contributed by atoms with Gasteiger partial charge in [0.15, 0.2) is 0 Å². The molecule has 35 heavy (non-hydrogen) atoms. The molecule has 0 fully saturated rings. The van der Waals surface area contributed by atoms with E-state index >= 15 is 0 Å². The summed E-state index contributed by atoms with van der Waals surface area (Å²) in [6.07, 6.45) is 1.51. The number of carbonyl (C=O) groups excluding carboxylic acids is 2. The van der Waals surface area contributed by atoms with Crippen molar-refractivity contribution in [3.8, 4) is 0 Å². The minimum atomic E-state index is -3.82. The zero-order chi connectivity index (χ0) is 25.2. The van der Waals surface area contributed by atoms with E-state index in [0.29, 0.717) is 32.2 Å². The van der Waals surface area contributed by atoms with Gasteiger partial charge in [0.05, 0.1) is 23.4 Å². The first-order valence-corrected chi connectivity index (χ1v) is 13.1. The zero-order valence-electron chi connectivity index (χ0n) is 19.1. The third-order valence-electron chi connectivity index (χ3n) is 5.45. The monoisotopic (exact) mass is 554 g/mol. The number of nitrogens with one attached hydrogen (secondary N) is 1. The van der Waals surface area contributed by atoms with Crippen molar-refractivity contribution in [3.05, 3.63) is 94.1 Å². The molecule has 9 heteroatoms. The lowest BCUT2D eigenvalue weighted by atomic mass is 10.1. The molecule has 1 N–H and O–H groups in total. The molecule has 1 amide bonds. The van der Waals surface area contributed by atoms with Crippen LogP contribution < -0.4 is 5.32 Å². The van der Waals surface area contributed by atoms with E-state index < -0.39 is 15.9 Å². The molecule has 0 unspecified atom stereocenters. The number of para-hydroxylation sites is 1. The van der Waals surface area contributed by atoms with Crippen LogP contribution in [-0.4, -0.2) is 30.9 Å². The van der Waals surface area contributed by atoms with Crippen molar-refractivity contribution in [2.45, 2.75) is 25.2 Å². The highest BCUT2D eigenvalue weighted by Crippen LogP contribution is 2.31. The molecule has 0 spiro atoms. The molecular weight excluding hydrogens is 532 g/mol. The van der Waals surface area contributed by atoms with Crippen LogP contribution in [0.15, 0.2) is 82.3 Å². The van der Waals surface area contributed by atoms with E-state index in [9.17, 15) is 18.0 Å². The Morgan fingerprint density at radius 3 is 2.46 bits per heavy atom. The molecule has 0 atom stereocenters. The van der Waals surface area contributed by atoms with Crippen molar-refractivity contribution in [1.29, 1.82) is 0 Å². The van der Waals surface area contributed by atoms with Gasteiger partial charge in [-0.15, -0.1) is 0 Å². The SMILES string of the molecule is CCOC(=O)Cc1ccccc1NC(=O)c1cc(Br)c2c(ccn2S(=O)(=O)c2ccc(C)cc2)c1. The average molecular weight is 555 g/mol. The quantitative estimate of drug-likeness (QED) is 0.312. The Morgan fingerprint density at radius 1 is 1.03 bits per heavy atom. The predicted octanol–water partition coefficient (Wildman–Crippen LogP) is 5.31. The van der Waals surface area contributed by atoms with Gasteiger partial charge in [0.2, 0.25) is 0 Å². The van der Waals surface area contributed by atoms with Crippen LogP contribution in [0.4, 0.5) is 5.69 Å². The number of hydrogen-bond donors (Lipinski definition) is 1. The molecule has 3 aromatic carbocycles. The molecule has 0 aliphatic rings. The topological polar surface area (TPSA) is 94.5 Å². The highest BCUT2D eigenvalue weighted by atomic mass is 79.9. The molecule has 4 rings (SSSR count). The fraction of sp³-hybridized carbons (Fsp3) is 0.154. The van der Waals surface area contributed by atoms with Crippen molar-refractivity contribution in [2.75, 3.05) is 11.9 Å². The molecule has 0 aliphatic carbocycles. The maximum atomic E-state index is 13.2. The molecule has 7 nitrogen and oxygen atoms in total. The van der Waals surface area contributed by atoms with Crippen molar-refractivity contribution in [2.24, 2.45) is 0 Å². The molecule has 0 bridgehead atoms. The Hall–Kier alpha value is -3.43. The van der Waals surface area contributed by atoms with Crippen LogP contribution in [0.5, 0.6) is 0 Å². The maximum Gasteiger partial charge on any atom is 0.310 e. The van der Waals surface area contributed by atoms with Crippen molar-refractivity contribution >= 4 is 54.4 Å². The molecule has 0 saturated carbocycles. The molecule has 0 saturated heterocycles. The summed E-state index contributed by atoms with van der Waals surface area (Å²) in [4.78, 5) is 25.2. The molecule has 1 heterocycles.